The largest absolute Gasteiger partial charge is 0.313 e. The molecule has 1 atom stereocenters. The Morgan fingerprint density at radius 1 is 1.10 bits per heavy atom. The van der Waals surface area contributed by atoms with Gasteiger partial charge in [-0.25, -0.2) is 21.6 Å². The van der Waals surface area contributed by atoms with Crippen LogP contribution in [0, 0.1) is 0 Å². The van der Waals surface area contributed by atoms with Gasteiger partial charge in [-0.2, -0.15) is 0 Å². The second-order valence-electron chi connectivity index (χ2n) is 5.24. The van der Waals surface area contributed by atoms with Crippen LogP contribution in [0.15, 0.2) is 34.1 Å². The topological polar surface area (TPSA) is 92.3 Å². The van der Waals surface area contributed by atoms with Gasteiger partial charge in [0.2, 0.25) is 10.0 Å². The Kier molecular flexibility index (Phi) is 5.03. The third-order valence-corrected chi connectivity index (χ3v) is 6.06. The van der Waals surface area contributed by atoms with E-state index in [1.807, 2.05) is 0 Å². The molecule has 1 heterocycles. The highest BCUT2D eigenvalue weighted by atomic mass is 32.2. The van der Waals surface area contributed by atoms with Crippen LogP contribution in [0.2, 0.25) is 0 Å². The molecule has 0 aliphatic carbocycles. The van der Waals surface area contributed by atoms with Crippen molar-refractivity contribution in [2.45, 2.75) is 35.1 Å². The molecule has 6 nitrogen and oxygen atoms in total. The lowest BCUT2D eigenvalue weighted by Crippen LogP contribution is -2.43. The molecule has 0 bridgehead atoms. The van der Waals surface area contributed by atoms with Crippen molar-refractivity contribution in [1.29, 1.82) is 0 Å². The summed E-state index contributed by atoms with van der Waals surface area (Å²) in [7, 11) is -6.93. The third-order valence-electron chi connectivity index (χ3n) is 3.49. The van der Waals surface area contributed by atoms with Crippen molar-refractivity contribution >= 4 is 19.9 Å². The quantitative estimate of drug-likeness (QED) is 0.820. The molecule has 0 radical (unpaired) electrons. The Balaban J connectivity index is 2.05. The number of sulfone groups is 1. The van der Waals surface area contributed by atoms with Gasteiger partial charge in [-0.3, -0.25) is 0 Å². The highest BCUT2D eigenvalue weighted by Gasteiger charge is 2.19. The lowest BCUT2D eigenvalue weighted by molar-refractivity contribution is 0.398. The number of nitrogens with one attached hydrogen (secondary N) is 2. The fourth-order valence-electron chi connectivity index (χ4n) is 2.26. The SMILES string of the molecule is CS(=O)(=O)c1ccc(S(=O)(=O)NCC2CCCCN2)cc1. The van der Waals surface area contributed by atoms with Crippen LogP contribution in [-0.2, 0) is 19.9 Å². The molecule has 1 unspecified atom stereocenters. The average Bonchev–Trinajstić information content (AvgIpc) is 2.46. The molecular weight excluding hydrogens is 312 g/mol. The van der Waals surface area contributed by atoms with Gasteiger partial charge in [-0.15, -0.1) is 0 Å². The molecule has 0 aromatic heterocycles. The van der Waals surface area contributed by atoms with E-state index in [1.54, 1.807) is 0 Å². The van der Waals surface area contributed by atoms with E-state index in [1.165, 1.54) is 24.3 Å². The van der Waals surface area contributed by atoms with Crippen LogP contribution in [0.25, 0.3) is 0 Å². The van der Waals surface area contributed by atoms with Crippen molar-refractivity contribution in [2.75, 3.05) is 19.3 Å². The predicted molar refractivity (Wildman–Crippen MR) is 80.4 cm³/mol. The summed E-state index contributed by atoms with van der Waals surface area (Å²) in [5.41, 5.74) is 0. The van der Waals surface area contributed by atoms with Gasteiger partial charge in [0.15, 0.2) is 9.84 Å². The summed E-state index contributed by atoms with van der Waals surface area (Å²) in [6.45, 7) is 1.26. The van der Waals surface area contributed by atoms with Gasteiger partial charge >= 0.3 is 0 Å². The summed E-state index contributed by atoms with van der Waals surface area (Å²) >= 11 is 0. The Bertz CT molecular complexity index is 675. The average molecular weight is 332 g/mol. The Hall–Kier alpha value is -0.960. The first-order valence-electron chi connectivity index (χ1n) is 6.82. The molecule has 8 heteroatoms. The molecule has 0 saturated carbocycles. The van der Waals surface area contributed by atoms with Gasteiger partial charge in [0.25, 0.3) is 0 Å². The second-order valence-corrected chi connectivity index (χ2v) is 9.02. The summed E-state index contributed by atoms with van der Waals surface area (Å²) in [6, 6.07) is 5.40. The van der Waals surface area contributed by atoms with E-state index in [9.17, 15) is 16.8 Å². The number of sulfonamides is 1. The summed E-state index contributed by atoms with van der Waals surface area (Å²) in [4.78, 5) is 0.182. The first-order valence-corrected chi connectivity index (χ1v) is 10.2. The van der Waals surface area contributed by atoms with Crippen LogP contribution in [0.4, 0.5) is 0 Å². The molecule has 1 fully saturated rings. The van der Waals surface area contributed by atoms with Gasteiger partial charge in [-0.05, 0) is 43.7 Å². The van der Waals surface area contributed by atoms with Crippen molar-refractivity contribution in [3.8, 4) is 0 Å². The van der Waals surface area contributed by atoms with Crippen LogP contribution in [-0.4, -0.2) is 42.2 Å². The van der Waals surface area contributed by atoms with E-state index in [0.717, 1.165) is 32.1 Å². The monoisotopic (exact) mass is 332 g/mol. The lowest BCUT2D eigenvalue weighted by Gasteiger charge is -2.23. The first-order chi connectivity index (χ1) is 9.79. The fourth-order valence-corrected chi connectivity index (χ4v) is 3.97. The Morgan fingerprint density at radius 3 is 2.24 bits per heavy atom. The van der Waals surface area contributed by atoms with E-state index in [2.05, 4.69) is 10.0 Å². The molecule has 1 aliphatic heterocycles. The zero-order valence-electron chi connectivity index (χ0n) is 11.9. The molecular formula is C13H20N2O4S2. The van der Waals surface area contributed by atoms with E-state index in [4.69, 9.17) is 0 Å². The van der Waals surface area contributed by atoms with Crippen molar-refractivity contribution in [1.82, 2.24) is 10.0 Å². The minimum Gasteiger partial charge on any atom is -0.313 e. The van der Waals surface area contributed by atoms with E-state index < -0.39 is 19.9 Å². The summed E-state index contributed by atoms with van der Waals surface area (Å²) in [6.07, 6.45) is 4.26. The lowest BCUT2D eigenvalue weighted by atomic mass is 10.1. The van der Waals surface area contributed by atoms with Gasteiger partial charge in [0.05, 0.1) is 9.79 Å². The smallest absolute Gasteiger partial charge is 0.240 e. The Morgan fingerprint density at radius 2 is 1.71 bits per heavy atom. The Labute approximate surface area is 125 Å². The van der Waals surface area contributed by atoms with Gasteiger partial charge in [0.1, 0.15) is 0 Å². The minimum atomic E-state index is -3.61. The number of hydrogen-bond acceptors (Lipinski definition) is 5. The molecule has 1 saturated heterocycles. The fraction of sp³-hybridized carbons (Fsp3) is 0.538. The number of hydrogen-bond donors (Lipinski definition) is 2. The summed E-state index contributed by atoms with van der Waals surface area (Å²) in [5.74, 6) is 0. The van der Waals surface area contributed by atoms with Crippen LogP contribution < -0.4 is 10.0 Å². The van der Waals surface area contributed by atoms with Gasteiger partial charge in [-0.1, -0.05) is 6.42 Å². The van der Waals surface area contributed by atoms with Crippen LogP contribution in [0.5, 0.6) is 0 Å². The first kappa shape index (κ1) is 16.4. The zero-order chi connectivity index (χ0) is 15.5. The van der Waals surface area contributed by atoms with E-state index >= 15 is 0 Å². The molecule has 2 N–H and O–H groups in total. The van der Waals surface area contributed by atoms with Gasteiger partial charge in [0, 0.05) is 18.8 Å². The highest BCUT2D eigenvalue weighted by molar-refractivity contribution is 7.90. The molecule has 1 aromatic carbocycles. The highest BCUT2D eigenvalue weighted by Crippen LogP contribution is 2.14. The molecule has 0 amide bonds. The molecule has 118 valence electrons. The maximum atomic E-state index is 12.1. The summed E-state index contributed by atoms with van der Waals surface area (Å²) in [5, 5.41) is 3.27. The van der Waals surface area contributed by atoms with E-state index in [-0.39, 0.29) is 15.8 Å². The van der Waals surface area contributed by atoms with Crippen LogP contribution in [0.3, 0.4) is 0 Å². The summed E-state index contributed by atoms with van der Waals surface area (Å²) < 4.78 is 49.6. The number of rotatable bonds is 5. The van der Waals surface area contributed by atoms with E-state index in [0.29, 0.717) is 6.54 Å². The van der Waals surface area contributed by atoms with Crippen molar-refractivity contribution in [3.05, 3.63) is 24.3 Å². The van der Waals surface area contributed by atoms with Crippen molar-refractivity contribution in [2.24, 2.45) is 0 Å². The molecule has 1 aliphatic rings. The number of piperidine rings is 1. The van der Waals surface area contributed by atoms with Crippen molar-refractivity contribution in [3.63, 3.8) is 0 Å². The van der Waals surface area contributed by atoms with Crippen LogP contribution in [0.1, 0.15) is 19.3 Å². The van der Waals surface area contributed by atoms with Crippen LogP contribution >= 0.6 is 0 Å². The third kappa shape index (κ3) is 4.50. The zero-order valence-corrected chi connectivity index (χ0v) is 13.5. The predicted octanol–water partition coefficient (Wildman–Crippen LogP) is 0.511. The molecule has 21 heavy (non-hydrogen) atoms. The maximum Gasteiger partial charge on any atom is 0.240 e. The normalized spacial score (nSPS) is 20.3. The molecule has 0 spiro atoms. The second kappa shape index (κ2) is 6.43. The maximum absolute atomic E-state index is 12.1. The molecule has 2 rings (SSSR count). The minimum absolute atomic E-state index is 0.0747. The molecule has 1 aromatic rings. The standard InChI is InChI=1S/C13H20N2O4S2/c1-20(16,17)12-5-7-13(8-6-12)21(18,19)15-10-11-4-2-3-9-14-11/h5-8,11,14-15H,2-4,9-10H2,1H3. The number of benzene rings is 1. The van der Waals surface area contributed by atoms with Crippen molar-refractivity contribution < 1.29 is 16.8 Å². The van der Waals surface area contributed by atoms with Gasteiger partial charge < -0.3 is 5.32 Å².